The highest BCUT2D eigenvalue weighted by atomic mass is 19.3. The van der Waals surface area contributed by atoms with Crippen molar-refractivity contribution < 1.29 is 23.0 Å². The zero-order valence-corrected chi connectivity index (χ0v) is 14.1. The average Bonchev–Trinajstić information content (AvgIpc) is 2.63. The molecule has 2 aromatic carbocycles. The lowest BCUT2D eigenvalue weighted by Gasteiger charge is -2.27. The molecule has 1 aliphatic carbocycles. The second-order valence-electron chi connectivity index (χ2n) is 6.13. The molecule has 0 heterocycles. The lowest BCUT2D eigenvalue weighted by atomic mass is 9.89. The van der Waals surface area contributed by atoms with E-state index in [2.05, 4.69) is 4.74 Å². The fourth-order valence-corrected chi connectivity index (χ4v) is 2.71. The molecule has 26 heavy (non-hydrogen) atoms. The number of ether oxygens (including phenoxy) is 2. The number of alkyl halides is 2. The van der Waals surface area contributed by atoms with E-state index in [0.717, 1.165) is 5.56 Å². The van der Waals surface area contributed by atoms with Gasteiger partial charge in [0.05, 0.1) is 5.56 Å². The molecule has 0 bridgehead atoms. The van der Waals surface area contributed by atoms with Crippen molar-refractivity contribution in [1.29, 1.82) is 0 Å². The second kappa shape index (κ2) is 7.52. The summed E-state index contributed by atoms with van der Waals surface area (Å²) in [4.78, 5) is 12.3. The van der Waals surface area contributed by atoms with Crippen LogP contribution in [0.5, 0.6) is 5.75 Å². The minimum Gasteiger partial charge on any atom is -0.447 e. The molecular formula is C21H18F2O3. The summed E-state index contributed by atoms with van der Waals surface area (Å²) in [7, 11) is 0. The van der Waals surface area contributed by atoms with Gasteiger partial charge in [-0.1, -0.05) is 42.5 Å². The van der Waals surface area contributed by atoms with Crippen molar-refractivity contribution in [2.24, 2.45) is 0 Å². The minimum absolute atomic E-state index is 0.00840. The predicted octanol–water partition coefficient (Wildman–Crippen LogP) is 5.11. The number of hydrogen-bond donors (Lipinski definition) is 0. The number of carbonyl (C=O) groups is 1. The largest absolute Gasteiger partial charge is 0.447 e. The lowest BCUT2D eigenvalue weighted by molar-refractivity contribution is -0.0498. The quantitative estimate of drug-likeness (QED) is 0.551. The molecule has 3 rings (SSSR count). The Bertz CT molecular complexity index is 797. The van der Waals surface area contributed by atoms with Crippen LogP contribution in [0.3, 0.4) is 0 Å². The first-order valence-electron chi connectivity index (χ1n) is 8.17. The molecule has 0 N–H and O–H groups in total. The molecule has 0 aromatic heterocycles. The van der Waals surface area contributed by atoms with E-state index in [-0.39, 0.29) is 17.2 Å². The van der Waals surface area contributed by atoms with Crippen molar-refractivity contribution in [3.05, 3.63) is 90.0 Å². The number of allylic oxidation sites excluding steroid dienone is 2. The van der Waals surface area contributed by atoms with Crippen LogP contribution in [-0.4, -0.2) is 18.2 Å². The van der Waals surface area contributed by atoms with E-state index in [0.29, 0.717) is 0 Å². The predicted molar refractivity (Wildman–Crippen MR) is 94.4 cm³/mol. The van der Waals surface area contributed by atoms with E-state index < -0.39 is 18.2 Å². The molecular weight excluding hydrogens is 338 g/mol. The van der Waals surface area contributed by atoms with Gasteiger partial charge in [-0.3, -0.25) is 0 Å². The smallest absolute Gasteiger partial charge is 0.387 e. The summed E-state index contributed by atoms with van der Waals surface area (Å²) >= 11 is 0. The third-order valence-corrected chi connectivity index (χ3v) is 4.08. The molecule has 0 saturated carbocycles. The molecule has 2 aromatic rings. The molecule has 0 aliphatic heterocycles. The number of benzene rings is 2. The maximum atomic E-state index is 12.3. The number of carbonyl (C=O) groups excluding carboxylic acids is 1. The normalized spacial score (nSPS) is 21.6. The monoisotopic (exact) mass is 356 g/mol. The van der Waals surface area contributed by atoms with Gasteiger partial charge in [0.15, 0.2) is 0 Å². The average molecular weight is 356 g/mol. The van der Waals surface area contributed by atoms with Crippen molar-refractivity contribution in [1.82, 2.24) is 0 Å². The van der Waals surface area contributed by atoms with Gasteiger partial charge in [-0.2, -0.15) is 8.78 Å². The molecule has 134 valence electrons. The Labute approximate surface area is 150 Å². The van der Waals surface area contributed by atoms with Crippen molar-refractivity contribution in [2.45, 2.75) is 25.1 Å². The van der Waals surface area contributed by atoms with Crippen LogP contribution in [0, 0.1) is 0 Å². The van der Waals surface area contributed by atoms with Gasteiger partial charge in [0.25, 0.3) is 0 Å². The van der Waals surface area contributed by atoms with Crippen LogP contribution in [0.15, 0.2) is 78.9 Å². The van der Waals surface area contributed by atoms with E-state index in [1.54, 1.807) is 6.92 Å². The molecule has 0 amide bonds. The molecule has 0 fully saturated rings. The van der Waals surface area contributed by atoms with Crippen molar-refractivity contribution in [3.8, 4) is 5.75 Å². The number of halogens is 2. The Balaban J connectivity index is 1.65. The summed E-state index contributed by atoms with van der Waals surface area (Å²) in [6.45, 7) is -1.12. The first-order chi connectivity index (χ1) is 12.5. The molecule has 3 nitrogen and oxygen atoms in total. The van der Waals surface area contributed by atoms with Crippen LogP contribution in [0.1, 0.15) is 28.8 Å². The van der Waals surface area contributed by atoms with Gasteiger partial charge in [0, 0.05) is 5.92 Å². The first kappa shape index (κ1) is 17.9. The van der Waals surface area contributed by atoms with E-state index in [9.17, 15) is 13.6 Å². The Morgan fingerprint density at radius 3 is 2.19 bits per heavy atom. The van der Waals surface area contributed by atoms with Gasteiger partial charge < -0.3 is 9.47 Å². The van der Waals surface area contributed by atoms with Crippen molar-refractivity contribution in [2.75, 3.05) is 0 Å². The highest BCUT2D eigenvalue weighted by molar-refractivity contribution is 5.90. The summed E-state index contributed by atoms with van der Waals surface area (Å²) in [6, 6.07) is 15.4. The summed E-state index contributed by atoms with van der Waals surface area (Å²) < 4.78 is 34.2. The van der Waals surface area contributed by atoms with Crippen LogP contribution >= 0.6 is 0 Å². The Morgan fingerprint density at radius 1 is 1.00 bits per heavy atom. The zero-order valence-electron chi connectivity index (χ0n) is 14.1. The summed E-state index contributed by atoms with van der Waals surface area (Å²) in [6.07, 6.45) is 7.66. The van der Waals surface area contributed by atoms with Crippen LogP contribution in [0.4, 0.5) is 8.78 Å². The minimum atomic E-state index is -2.90. The summed E-state index contributed by atoms with van der Waals surface area (Å²) in [5, 5.41) is 0. The molecule has 1 aliphatic rings. The molecule has 0 atom stereocenters. The SMILES string of the molecule is CC1(OC(=O)c2ccc(OC(F)F)cc2)C=CC(c2ccccc2)C=C1. The first-order valence-corrected chi connectivity index (χ1v) is 8.17. The maximum Gasteiger partial charge on any atom is 0.387 e. The highest BCUT2D eigenvalue weighted by Crippen LogP contribution is 2.29. The van der Waals surface area contributed by atoms with Gasteiger partial charge in [-0.25, -0.2) is 4.79 Å². The number of rotatable bonds is 5. The van der Waals surface area contributed by atoms with Crippen molar-refractivity contribution in [3.63, 3.8) is 0 Å². The fraction of sp³-hybridized carbons (Fsp3) is 0.190. The topological polar surface area (TPSA) is 35.5 Å². The van der Waals surface area contributed by atoms with Crippen molar-refractivity contribution >= 4 is 5.97 Å². The standard InChI is InChI=1S/C21H18F2O3/c1-21(13-11-16(12-14-21)15-5-3-2-4-6-15)26-19(24)17-7-9-18(10-8-17)25-20(22)23/h2-14,16,20H,1H3. The van der Waals surface area contributed by atoms with Crippen LogP contribution in [-0.2, 0) is 4.74 Å². The number of esters is 1. The summed E-state index contributed by atoms with van der Waals surface area (Å²) in [5.74, 6) is -0.414. The Hall–Kier alpha value is -2.95. The summed E-state index contributed by atoms with van der Waals surface area (Å²) in [5.41, 5.74) is 0.559. The lowest BCUT2D eigenvalue weighted by Crippen LogP contribution is -2.29. The van der Waals surface area contributed by atoms with Crippen LogP contribution < -0.4 is 4.74 Å². The molecule has 0 unspecified atom stereocenters. The van der Waals surface area contributed by atoms with Crippen LogP contribution in [0.25, 0.3) is 0 Å². The fourth-order valence-electron chi connectivity index (χ4n) is 2.71. The third kappa shape index (κ3) is 4.36. The van der Waals surface area contributed by atoms with Gasteiger partial charge in [0.1, 0.15) is 11.4 Å². The zero-order chi connectivity index (χ0) is 18.6. The van der Waals surface area contributed by atoms with E-state index in [1.165, 1.54) is 24.3 Å². The molecule has 0 radical (unpaired) electrons. The van der Waals surface area contributed by atoms with E-state index in [1.807, 2.05) is 54.6 Å². The Morgan fingerprint density at radius 2 is 1.62 bits per heavy atom. The highest BCUT2D eigenvalue weighted by Gasteiger charge is 2.27. The second-order valence-corrected chi connectivity index (χ2v) is 6.13. The van der Waals surface area contributed by atoms with Crippen LogP contribution in [0.2, 0.25) is 0 Å². The molecule has 0 saturated heterocycles. The Kier molecular flexibility index (Phi) is 5.16. The van der Waals surface area contributed by atoms with E-state index >= 15 is 0 Å². The van der Waals surface area contributed by atoms with Gasteiger partial charge in [0.2, 0.25) is 0 Å². The molecule has 5 heteroatoms. The third-order valence-electron chi connectivity index (χ3n) is 4.08. The molecule has 0 spiro atoms. The van der Waals surface area contributed by atoms with E-state index in [4.69, 9.17) is 4.74 Å². The van der Waals surface area contributed by atoms with Gasteiger partial charge >= 0.3 is 12.6 Å². The number of hydrogen-bond acceptors (Lipinski definition) is 3. The van der Waals surface area contributed by atoms with Gasteiger partial charge in [-0.15, -0.1) is 0 Å². The maximum absolute atomic E-state index is 12.3. The van der Waals surface area contributed by atoms with Gasteiger partial charge in [-0.05, 0) is 48.9 Å².